The van der Waals surface area contributed by atoms with Crippen molar-refractivity contribution >= 4 is 5.91 Å². The Morgan fingerprint density at radius 2 is 2.12 bits per heavy atom. The molecule has 3 aromatic rings. The second kappa shape index (κ2) is 5.51. The van der Waals surface area contributed by atoms with Gasteiger partial charge in [0.15, 0.2) is 11.5 Å². The Kier molecular flexibility index (Phi) is 3.41. The summed E-state index contributed by atoms with van der Waals surface area (Å²) in [6.07, 6.45) is 1.59. The highest BCUT2D eigenvalue weighted by atomic mass is 19.1. The molecular formula is C17H16FN5O2. The van der Waals surface area contributed by atoms with E-state index in [1.165, 1.54) is 17.0 Å². The Hall–Kier alpha value is -3.03. The maximum absolute atomic E-state index is 13.6. The summed E-state index contributed by atoms with van der Waals surface area (Å²) in [5, 5.41) is 3.97. The number of hydrogen-bond acceptors (Lipinski definition) is 5. The van der Waals surface area contributed by atoms with Crippen LogP contribution >= 0.6 is 0 Å². The van der Waals surface area contributed by atoms with Crippen molar-refractivity contribution in [1.82, 2.24) is 24.6 Å². The lowest BCUT2D eigenvalue weighted by Gasteiger charge is -2.14. The van der Waals surface area contributed by atoms with E-state index in [-0.39, 0.29) is 11.8 Å². The Morgan fingerprint density at radius 1 is 1.32 bits per heavy atom. The van der Waals surface area contributed by atoms with Gasteiger partial charge >= 0.3 is 0 Å². The zero-order valence-electron chi connectivity index (χ0n) is 14.0. The Bertz CT molecular complexity index is 975. The Morgan fingerprint density at radius 3 is 2.84 bits per heavy atom. The third-order valence-electron chi connectivity index (χ3n) is 4.21. The second-order valence-electron chi connectivity index (χ2n) is 6.34. The smallest absolute Gasteiger partial charge is 0.278 e. The first kappa shape index (κ1) is 15.5. The zero-order chi connectivity index (χ0) is 17.7. The molecule has 0 bridgehead atoms. The lowest BCUT2D eigenvalue weighted by molar-refractivity contribution is 0.0787. The molecule has 3 heterocycles. The molecule has 4 rings (SSSR count). The first-order chi connectivity index (χ1) is 12.0. The van der Waals surface area contributed by atoms with Gasteiger partial charge in [0.25, 0.3) is 11.8 Å². The van der Waals surface area contributed by atoms with Gasteiger partial charge in [-0.2, -0.15) is 4.98 Å². The summed E-state index contributed by atoms with van der Waals surface area (Å²) in [5.41, 5.74) is 2.13. The van der Waals surface area contributed by atoms with Crippen LogP contribution in [0.3, 0.4) is 0 Å². The van der Waals surface area contributed by atoms with E-state index in [1.54, 1.807) is 24.0 Å². The minimum atomic E-state index is -0.456. The molecule has 0 fully saturated rings. The van der Waals surface area contributed by atoms with E-state index in [0.29, 0.717) is 35.2 Å². The van der Waals surface area contributed by atoms with E-state index in [2.05, 4.69) is 15.1 Å². The SMILES string of the molecule is CC(C)c1noc(-c2ncn3c2CN(C)C(=O)c2cc(F)ccc2-3)n1. The molecular weight excluding hydrogens is 325 g/mol. The van der Waals surface area contributed by atoms with E-state index >= 15 is 0 Å². The maximum Gasteiger partial charge on any atom is 0.278 e. The second-order valence-corrected chi connectivity index (χ2v) is 6.34. The van der Waals surface area contributed by atoms with Crippen molar-refractivity contribution in [1.29, 1.82) is 0 Å². The molecule has 2 aromatic heterocycles. The number of amides is 1. The fraction of sp³-hybridized carbons (Fsp3) is 0.294. The van der Waals surface area contributed by atoms with Gasteiger partial charge in [-0.1, -0.05) is 19.0 Å². The van der Waals surface area contributed by atoms with Crippen molar-refractivity contribution in [2.24, 2.45) is 0 Å². The molecule has 1 aromatic carbocycles. The highest BCUT2D eigenvalue weighted by molar-refractivity contribution is 5.98. The van der Waals surface area contributed by atoms with Crippen LogP contribution < -0.4 is 0 Å². The summed E-state index contributed by atoms with van der Waals surface area (Å²) < 4.78 is 20.7. The minimum absolute atomic E-state index is 0.131. The van der Waals surface area contributed by atoms with E-state index < -0.39 is 5.82 Å². The highest BCUT2D eigenvalue weighted by Gasteiger charge is 2.28. The zero-order valence-corrected chi connectivity index (χ0v) is 14.0. The number of imidazole rings is 1. The van der Waals surface area contributed by atoms with Crippen molar-refractivity contribution in [3.05, 3.63) is 47.4 Å². The first-order valence-corrected chi connectivity index (χ1v) is 7.91. The van der Waals surface area contributed by atoms with E-state index in [1.807, 2.05) is 13.8 Å². The summed E-state index contributed by atoms with van der Waals surface area (Å²) in [6, 6.07) is 4.14. The van der Waals surface area contributed by atoms with Gasteiger partial charge in [-0.15, -0.1) is 0 Å². The van der Waals surface area contributed by atoms with Gasteiger partial charge in [-0.25, -0.2) is 9.37 Å². The topological polar surface area (TPSA) is 77.0 Å². The number of fused-ring (bicyclic) bond motifs is 3. The van der Waals surface area contributed by atoms with Crippen molar-refractivity contribution in [2.45, 2.75) is 26.3 Å². The number of benzene rings is 1. The van der Waals surface area contributed by atoms with Gasteiger partial charge in [-0.3, -0.25) is 9.36 Å². The van der Waals surface area contributed by atoms with E-state index in [9.17, 15) is 9.18 Å². The largest absolute Gasteiger partial charge is 0.336 e. The summed E-state index contributed by atoms with van der Waals surface area (Å²) in [4.78, 5) is 22.9. The molecule has 8 heteroatoms. The molecule has 128 valence electrons. The molecule has 0 saturated heterocycles. The van der Waals surface area contributed by atoms with Crippen LogP contribution in [0.5, 0.6) is 0 Å². The molecule has 7 nitrogen and oxygen atoms in total. The number of hydrogen-bond donors (Lipinski definition) is 0. The monoisotopic (exact) mass is 341 g/mol. The lowest BCUT2D eigenvalue weighted by atomic mass is 10.1. The standard InChI is InChI=1S/C17H16FN5O2/c1-9(2)15-20-16(25-21-15)14-13-7-22(3)17(24)11-6-10(18)4-5-12(11)23(13)8-19-14/h4-6,8-9H,7H2,1-3H3. The van der Waals surface area contributed by atoms with Crippen LogP contribution in [0, 0.1) is 5.82 Å². The lowest BCUT2D eigenvalue weighted by Crippen LogP contribution is -2.25. The van der Waals surface area contributed by atoms with Crippen LogP contribution in [0.2, 0.25) is 0 Å². The van der Waals surface area contributed by atoms with Crippen LogP contribution in [0.1, 0.15) is 41.6 Å². The number of aromatic nitrogens is 4. The van der Waals surface area contributed by atoms with Crippen molar-refractivity contribution in [3.8, 4) is 17.3 Å². The highest BCUT2D eigenvalue weighted by Crippen LogP contribution is 2.30. The van der Waals surface area contributed by atoms with Crippen LogP contribution in [0.15, 0.2) is 29.0 Å². The summed E-state index contributed by atoms with van der Waals surface area (Å²) in [6.45, 7) is 4.24. The summed E-state index contributed by atoms with van der Waals surface area (Å²) in [7, 11) is 1.66. The number of carbonyl (C=O) groups is 1. The molecule has 0 saturated carbocycles. The number of nitrogens with zero attached hydrogens (tertiary/aromatic N) is 5. The van der Waals surface area contributed by atoms with Gasteiger partial charge in [-0.05, 0) is 18.2 Å². The fourth-order valence-corrected chi connectivity index (χ4v) is 2.87. The summed E-state index contributed by atoms with van der Waals surface area (Å²) >= 11 is 0. The quantitative estimate of drug-likeness (QED) is 0.716. The first-order valence-electron chi connectivity index (χ1n) is 7.91. The predicted octanol–water partition coefficient (Wildman–Crippen LogP) is 2.77. The molecule has 1 aliphatic rings. The molecule has 0 aliphatic carbocycles. The van der Waals surface area contributed by atoms with Gasteiger partial charge in [0.05, 0.1) is 23.5 Å². The Balaban J connectivity index is 1.90. The maximum atomic E-state index is 13.6. The van der Waals surface area contributed by atoms with Crippen molar-refractivity contribution in [3.63, 3.8) is 0 Å². The van der Waals surface area contributed by atoms with Crippen LogP contribution in [-0.2, 0) is 6.54 Å². The molecule has 0 unspecified atom stereocenters. The van der Waals surface area contributed by atoms with Gasteiger partial charge < -0.3 is 9.42 Å². The summed E-state index contributed by atoms with van der Waals surface area (Å²) in [5.74, 6) is 0.327. The van der Waals surface area contributed by atoms with E-state index in [0.717, 1.165) is 5.69 Å². The molecule has 25 heavy (non-hydrogen) atoms. The van der Waals surface area contributed by atoms with Crippen molar-refractivity contribution < 1.29 is 13.7 Å². The van der Waals surface area contributed by atoms with Gasteiger partial charge in [0.1, 0.15) is 12.1 Å². The predicted molar refractivity (Wildman–Crippen MR) is 86.7 cm³/mol. The van der Waals surface area contributed by atoms with Crippen LogP contribution in [0.25, 0.3) is 17.3 Å². The molecule has 1 amide bonds. The third-order valence-corrected chi connectivity index (χ3v) is 4.21. The molecule has 1 aliphatic heterocycles. The molecule has 0 radical (unpaired) electrons. The number of halogens is 1. The number of rotatable bonds is 2. The average Bonchev–Trinajstić information content (AvgIpc) is 3.19. The van der Waals surface area contributed by atoms with Gasteiger partial charge in [0, 0.05) is 13.0 Å². The third kappa shape index (κ3) is 2.41. The number of carbonyl (C=O) groups excluding carboxylic acids is 1. The minimum Gasteiger partial charge on any atom is -0.336 e. The van der Waals surface area contributed by atoms with Crippen LogP contribution in [-0.4, -0.2) is 37.5 Å². The Labute approximate surface area is 143 Å². The van der Waals surface area contributed by atoms with E-state index in [4.69, 9.17) is 4.52 Å². The molecule has 0 spiro atoms. The van der Waals surface area contributed by atoms with Crippen molar-refractivity contribution in [2.75, 3.05) is 7.05 Å². The van der Waals surface area contributed by atoms with Gasteiger partial charge in [0.2, 0.25) is 0 Å². The molecule has 0 N–H and O–H groups in total. The molecule has 0 atom stereocenters. The van der Waals surface area contributed by atoms with Crippen LogP contribution in [0.4, 0.5) is 4.39 Å². The normalized spacial score (nSPS) is 13.8. The average molecular weight is 341 g/mol. The fourth-order valence-electron chi connectivity index (χ4n) is 2.87.